The number of esters is 1. The van der Waals surface area contributed by atoms with Crippen molar-refractivity contribution < 1.29 is 9.53 Å². The number of hydrogen-bond acceptors (Lipinski definition) is 3. The highest BCUT2D eigenvalue weighted by molar-refractivity contribution is 6.30. The number of carbonyl (C=O) groups is 1. The Morgan fingerprint density at radius 2 is 2.38 bits per heavy atom. The van der Waals surface area contributed by atoms with Gasteiger partial charge in [-0.15, -0.1) is 0 Å². The van der Waals surface area contributed by atoms with E-state index < -0.39 is 0 Å². The number of anilines is 1. The Hall–Kier alpha value is -1.48. The van der Waals surface area contributed by atoms with E-state index in [1.54, 1.807) is 6.92 Å². The van der Waals surface area contributed by atoms with Crippen molar-refractivity contribution in [1.29, 1.82) is 0 Å². The highest BCUT2D eigenvalue weighted by atomic mass is 35.5. The summed E-state index contributed by atoms with van der Waals surface area (Å²) in [6.07, 6.45) is 1.82. The second kappa shape index (κ2) is 4.58. The summed E-state index contributed by atoms with van der Waals surface area (Å²) in [4.78, 5) is 11.5. The molecule has 2 rings (SSSR count). The number of ether oxygens (including phenoxy) is 1. The lowest BCUT2D eigenvalue weighted by molar-refractivity contribution is -0.138. The summed E-state index contributed by atoms with van der Waals surface area (Å²) in [5, 5.41) is 3.81. The van der Waals surface area contributed by atoms with E-state index in [1.807, 2.05) is 24.3 Å². The number of nitrogens with one attached hydrogen (secondary N) is 1. The molecule has 3 nitrogen and oxygen atoms in total. The number of carbonyl (C=O) groups excluding carboxylic acids is 1. The molecule has 0 saturated heterocycles. The molecule has 0 amide bonds. The molecule has 1 aliphatic rings. The highest BCUT2D eigenvalue weighted by Crippen LogP contribution is 2.26. The van der Waals surface area contributed by atoms with Gasteiger partial charge in [-0.2, -0.15) is 0 Å². The van der Waals surface area contributed by atoms with Gasteiger partial charge in [-0.05, 0) is 36.8 Å². The maximum atomic E-state index is 11.5. The molecule has 84 valence electrons. The first kappa shape index (κ1) is 11.0. The molecule has 1 aromatic rings. The number of benzene rings is 1. The zero-order chi connectivity index (χ0) is 11.5. The summed E-state index contributed by atoms with van der Waals surface area (Å²) in [5.74, 6) is -0.277. The molecule has 0 aliphatic carbocycles. The van der Waals surface area contributed by atoms with Crippen LogP contribution in [0.1, 0.15) is 12.5 Å². The standard InChI is InChI=1S/C12H12ClNO2/c1-2-16-12(15)9-5-8-6-10(13)3-4-11(8)14-7-9/h3-6,14H,2,7H2,1H3. The molecule has 4 heteroatoms. The zero-order valence-electron chi connectivity index (χ0n) is 8.92. The van der Waals surface area contributed by atoms with Crippen molar-refractivity contribution in [3.05, 3.63) is 34.4 Å². The van der Waals surface area contributed by atoms with Crippen LogP contribution < -0.4 is 5.32 Å². The van der Waals surface area contributed by atoms with Gasteiger partial charge in [0.2, 0.25) is 0 Å². The van der Waals surface area contributed by atoms with Gasteiger partial charge >= 0.3 is 5.97 Å². The average Bonchev–Trinajstić information content (AvgIpc) is 2.28. The molecule has 0 fully saturated rings. The number of halogens is 1. The van der Waals surface area contributed by atoms with Gasteiger partial charge in [-0.1, -0.05) is 11.6 Å². The van der Waals surface area contributed by atoms with Crippen LogP contribution in [-0.4, -0.2) is 19.1 Å². The second-order valence-electron chi connectivity index (χ2n) is 3.48. The third-order valence-electron chi connectivity index (χ3n) is 2.35. The predicted molar refractivity (Wildman–Crippen MR) is 64.6 cm³/mol. The average molecular weight is 238 g/mol. The van der Waals surface area contributed by atoms with Crippen LogP contribution in [0.15, 0.2) is 23.8 Å². The summed E-state index contributed by atoms with van der Waals surface area (Å²) in [6.45, 7) is 2.67. The van der Waals surface area contributed by atoms with Crippen LogP contribution in [0, 0.1) is 0 Å². The highest BCUT2D eigenvalue weighted by Gasteiger charge is 2.16. The summed E-state index contributed by atoms with van der Waals surface area (Å²) in [5.41, 5.74) is 2.52. The lowest BCUT2D eigenvalue weighted by atomic mass is 10.0. The largest absolute Gasteiger partial charge is 0.463 e. The molecule has 0 saturated carbocycles. The smallest absolute Gasteiger partial charge is 0.335 e. The van der Waals surface area contributed by atoms with Crippen molar-refractivity contribution in [2.75, 3.05) is 18.5 Å². The maximum Gasteiger partial charge on any atom is 0.335 e. The van der Waals surface area contributed by atoms with E-state index in [2.05, 4.69) is 5.32 Å². The van der Waals surface area contributed by atoms with Gasteiger partial charge < -0.3 is 10.1 Å². The van der Waals surface area contributed by atoms with Crippen LogP contribution >= 0.6 is 11.6 Å². The Balaban J connectivity index is 2.30. The van der Waals surface area contributed by atoms with Crippen LogP contribution in [0.3, 0.4) is 0 Å². The molecule has 1 aliphatic heterocycles. The van der Waals surface area contributed by atoms with Crippen LogP contribution in [0.25, 0.3) is 6.08 Å². The molecular formula is C12H12ClNO2. The van der Waals surface area contributed by atoms with Crippen molar-refractivity contribution >= 4 is 29.3 Å². The van der Waals surface area contributed by atoms with Gasteiger partial charge in [0.05, 0.1) is 12.2 Å². The Morgan fingerprint density at radius 1 is 1.56 bits per heavy atom. The molecule has 0 radical (unpaired) electrons. The lowest BCUT2D eigenvalue weighted by Crippen LogP contribution is -2.18. The van der Waals surface area contributed by atoms with E-state index in [0.29, 0.717) is 23.7 Å². The molecule has 16 heavy (non-hydrogen) atoms. The summed E-state index contributed by atoms with van der Waals surface area (Å²) < 4.78 is 4.95. The van der Waals surface area contributed by atoms with E-state index >= 15 is 0 Å². The minimum atomic E-state index is -0.277. The van der Waals surface area contributed by atoms with E-state index in [1.165, 1.54) is 0 Å². The van der Waals surface area contributed by atoms with E-state index in [9.17, 15) is 4.79 Å². The summed E-state index contributed by atoms with van der Waals surface area (Å²) >= 11 is 5.89. The van der Waals surface area contributed by atoms with Crippen LogP contribution in [0.2, 0.25) is 5.02 Å². The third-order valence-corrected chi connectivity index (χ3v) is 2.59. The molecule has 0 spiro atoms. The Morgan fingerprint density at radius 3 is 3.12 bits per heavy atom. The molecule has 0 unspecified atom stereocenters. The van der Waals surface area contributed by atoms with Gasteiger partial charge in [0, 0.05) is 17.3 Å². The van der Waals surface area contributed by atoms with Gasteiger partial charge in [0.15, 0.2) is 0 Å². The van der Waals surface area contributed by atoms with E-state index in [-0.39, 0.29) is 5.97 Å². The molecule has 1 heterocycles. The normalized spacial score (nSPS) is 13.5. The Bertz CT molecular complexity index is 454. The van der Waals surface area contributed by atoms with Crippen LogP contribution in [-0.2, 0) is 9.53 Å². The topological polar surface area (TPSA) is 38.3 Å². The van der Waals surface area contributed by atoms with E-state index in [0.717, 1.165) is 11.3 Å². The first-order valence-corrected chi connectivity index (χ1v) is 5.49. The first-order chi connectivity index (χ1) is 7.70. The Kier molecular flexibility index (Phi) is 3.15. The van der Waals surface area contributed by atoms with Crippen molar-refractivity contribution in [2.45, 2.75) is 6.92 Å². The van der Waals surface area contributed by atoms with Gasteiger partial charge in [-0.3, -0.25) is 0 Å². The molecule has 0 bridgehead atoms. The van der Waals surface area contributed by atoms with Crippen molar-refractivity contribution in [1.82, 2.24) is 0 Å². The van der Waals surface area contributed by atoms with E-state index in [4.69, 9.17) is 16.3 Å². The zero-order valence-corrected chi connectivity index (χ0v) is 9.67. The molecule has 0 atom stereocenters. The maximum absolute atomic E-state index is 11.5. The van der Waals surface area contributed by atoms with Crippen LogP contribution in [0.5, 0.6) is 0 Å². The monoisotopic (exact) mass is 237 g/mol. The number of fused-ring (bicyclic) bond motifs is 1. The van der Waals surface area contributed by atoms with Crippen LogP contribution in [0.4, 0.5) is 5.69 Å². The van der Waals surface area contributed by atoms with Gasteiger partial charge in [0.1, 0.15) is 0 Å². The number of hydrogen-bond donors (Lipinski definition) is 1. The fraction of sp³-hybridized carbons (Fsp3) is 0.250. The fourth-order valence-electron chi connectivity index (χ4n) is 1.60. The summed E-state index contributed by atoms with van der Waals surface area (Å²) in [7, 11) is 0. The summed E-state index contributed by atoms with van der Waals surface area (Å²) in [6, 6.07) is 5.54. The van der Waals surface area contributed by atoms with Crippen molar-refractivity contribution in [3.63, 3.8) is 0 Å². The van der Waals surface area contributed by atoms with Crippen molar-refractivity contribution in [2.24, 2.45) is 0 Å². The fourth-order valence-corrected chi connectivity index (χ4v) is 1.78. The first-order valence-electron chi connectivity index (χ1n) is 5.12. The Labute approximate surface area is 99.1 Å². The SMILES string of the molecule is CCOC(=O)C1=Cc2cc(Cl)ccc2NC1. The van der Waals surface area contributed by atoms with Crippen molar-refractivity contribution in [3.8, 4) is 0 Å². The molecule has 1 N–H and O–H groups in total. The van der Waals surface area contributed by atoms with Gasteiger partial charge in [-0.25, -0.2) is 4.79 Å². The minimum absolute atomic E-state index is 0.277. The number of rotatable bonds is 2. The van der Waals surface area contributed by atoms with Gasteiger partial charge in [0.25, 0.3) is 0 Å². The quantitative estimate of drug-likeness (QED) is 0.804. The minimum Gasteiger partial charge on any atom is -0.463 e. The molecule has 0 aromatic heterocycles. The lowest BCUT2D eigenvalue weighted by Gasteiger charge is -2.17. The molecule has 1 aromatic carbocycles. The second-order valence-corrected chi connectivity index (χ2v) is 3.91. The predicted octanol–water partition coefficient (Wildman–Crippen LogP) is 2.71. The molecular weight excluding hydrogens is 226 g/mol. The third kappa shape index (κ3) is 2.19.